The van der Waals surface area contributed by atoms with Crippen LogP contribution in [0.4, 0.5) is 0 Å². The fourth-order valence-electron chi connectivity index (χ4n) is 2.71. The maximum absolute atomic E-state index is 13.3. The van der Waals surface area contributed by atoms with Gasteiger partial charge in [0, 0.05) is 10.3 Å². The number of ketones is 1. The molecule has 0 atom stereocenters. The topological polar surface area (TPSA) is 79.9 Å². The third kappa shape index (κ3) is 3.14. The molecule has 0 amide bonds. The first-order chi connectivity index (χ1) is 12.4. The van der Waals surface area contributed by atoms with Gasteiger partial charge in [-0.2, -0.15) is 5.26 Å². The van der Waals surface area contributed by atoms with Gasteiger partial charge in [-0.3, -0.25) is 4.79 Å². The number of thioether (sulfide) groups is 1. The summed E-state index contributed by atoms with van der Waals surface area (Å²) in [6, 6.07) is 15.2. The molecule has 0 radical (unpaired) electrons. The van der Waals surface area contributed by atoms with Crippen molar-refractivity contribution in [1.82, 2.24) is 3.97 Å². The number of aryl methyl sites for hydroxylation is 1. The zero-order valence-corrected chi connectivity index (χ0v) is 15.9. The molecule has 3 aromatic rings. The van der Waals surface area contributed by atoms with Crippen molar-refractivity contribution in [3.8, 4) is 6.07 Å². The first-order valence-electron chi connectivity index (χ1n) is 7.80. The summed E-state index contributed by atoms with van der Waals surface area (Å²) < 4.78 is 27.6. The minimum absolute atomic E-state index is 0.000350. The molecule has 0 aliphatic carbocycles. The molecule has 0 saturated carbocycles. The van der Waals surface area contributed by atoms with E-state index in [1.807, 2.05) is 19.2 Å². The molecule has 0 saturated heterocycles. The van der Waals surface area contributed by atoms with Crippen molar-refractivity contribution in [3.63, 3.8) is 0 Å². The van der Waals surface area contributed by atoms with E-state index in [-0.39, 0.29) is 17.0 Å². The first-order valence-corrected chi connectivity index (χ1v) is 10.5. The van der Waals surface area contributed by atoms with Crippen molar-refractivity contribution >= 4 is 38.5 Å². The second-order valence-corrected chi connectivity index (χ2v) is 8.46. The third-order valence-electron chi connectivity index (χ3n) is 4.05. The van der Waals surface area contributed by atoms with Crippen molar-refractivity contribution in [2.45, 2.75) is 23.1 Å². The third-order valence-corrected chi connectivity index (χ3v) is 6.52. The number of hydrogen-bond donors (Lipinski definition) is 0. The van der Waals surface area contributed by atoms with Gasteiger partial charge in [-0.1, -0.05) is 23.8 Å². The zero-order chi connectivity index (χ0) is 18.9. The summed E-state index contributed by atoms with van der Waals surface area (Å²) in [6.07, 6.45) is 1.51. The fourth-order valence-corrected chi connectivity index (χ4v) is 4.67. The smallest absolute Gasteiger partial charge is 0.268 e. The molecular weight excluding hydrogens is 368 g/mol. The van der Waals surface area contributed by atoms with Gasteiger partial charge in [0.1, 0.15) is 12.1 Å². The molecule has 5 nitrogen and oxygen atoms in total. The summed E-state index contributed by atoms with van der Waals surface area (Å²) in [7, 11) is -3.98. The zero-order valence-electron chi connectivity index (χ0n) is 14.3. The predicted molar refractivity (Wildman–Crippen MR) is 102 cm³/mol. The van der Waals surface area contributed by atoms with Crippen LogP contribution in [0.5, 0.6) is 0 Å². The Morgan fingerprint density at radius 1 is 1.15 bits per heavy atom. The van der Waals surface area contributed by atoms with E-state index in [9.17, 15) is 13.2 Å². The lowest BCUT2D eigenvalue weighted by Gasteiger charge is -2.11. The average Bonchev–Trinajstić information content (AvgIpc) is 3.01. The lowest BCUT2D eigenvalue weighted by atomic mass is 10.2. The van der Waals surface area contributed by atoms with E-state index < -0.39 is 15.8 Å². The van der Waals surface area contributed by atoms with Gasteiger partial charge < -0.3 is 0 Å². The minimum atomic E-state index is -3.98. The van der Waals surface area contributed by atoms with Crippen molar-refractivity contribution in [3.05, 3.63) is 59.8 Å². The van der Waals surface area contributed by atoms with Crippen LogP contribution in [-0.2, 0) is 10.0 Å². The van der Waals surface area contributed by atoms with E-state index in [0.29, 0.717) is 10.9 Å². The molecular formula is C19H16N2O3S2. The van der Waals surface area contributed by atoms with E-state index in [1.54, 1.807) is 30.3 Å². The summed E-state index contributed by atoms with van der Waals surface area (Å²) >= 11 is 1.48. The van der Waals surface area contributed by atoms with E-state index in [0.717, 1.165) is 14.4 Å². The number of carbonyl (C=O) groups is 1. The largest absolute Gasteiger partial charge is 0.291 e. The summed E-state index contributed by atoms with van der Waals surface area (Å²) in [5.41, 5.74) is 1.37. The monoisotopic (exact) mass is 384 g/mol. The van der Waals surface area contributed by atoms with Gasteiger partial charge in [-0.05, 0) is 43.5 Å². The van der Waals surface area contributed by atoms with Gasteiger partial charge in [0.2, 0.25) is 0 Å². The normalized spacial score (nSPS) is 11.4. The van der Waals surface area contributed by atoms with Crippen molar-refractivity contribution in [2.75, 3.05) is 6.26 Å². The maximum atomic E-state index is 13.3. The molecule has 26 heavy (non-hydrogen) atoms. The van der Waals surface area contributed by atoms with Crippen molar-refractivity contribution in [2.24, 2.45) is 0 Å². The standard InChI is InChI=1S/C19H16N2O3S2/c1-13-3-7-16(8-4-13)26(23,24)21-17-12-15(25-2)6-5-14(17)11-18(21)19(22)9-10-20/h3-8,11-12H,9H2,1-2H3. The SMILES string of the molecule is CSc1ccc2cc(C(=O)CC#N)n(S(=O)(=O)c3ccc(C)cc3)c2c1. The Morgan fingerprint density at radius 2 is 1.85 bits per heavy atom. The summed E-state index contributed by atoms with van der Waals surface area (Å²) in [5, 5.41) is 9.50. The molecule has 7 heteroatoms. The Balaban J connectivity index is 2.34. The molecule has 0 bridgehead atoms. The lowest BCUT2D eigenvalue weighted by Crippen LogP contribution is -2.18. The number of carbonyl (C=O) groups excluding carboxylic acids is 1. The van der Waals surface area contributed by atoms with Crippen LogP contribution in [0.3, 0.4) is 0 Å². The Labute approximate surface area is 156 Å². The number of rotatable bonds is 5. The van der Waals surface area contributed by atoms with Crippen LogP contribution >= 0.6 is 11.8 Å². The average molecular weight is 384 g/mol. The molecule has 0 fully saturated rings. The highest BCUT2D eigenvalue weighted by molar-refractivity contribution is 7.98. The fraction of sp³-hybridized carbons (Fsp3) is 0.158. The maximum Gasteiger partial charge on any atom is 0.268 e. The molecule has 3 rings (SSSR count). The molecule has 0 unspecified atom stereocenters. The summed E-state index contributed by atoms with van der Waals surface area (Å²) in [4.78, 5) is 13.4. The van der Waals surface area contributed by atoms with Crippen LogP contribution in [-0.4, -0.2) is 24.4 Å². The second-order valence-electron chi connectivity index (χ2n) is 5.79. The number of aromatic nitrogens is 1. The number of fused-ring (bicyclic) bond motifs is 1. The molecule has 2 aromatic carbocycles. The Hall–Kier alpha value is -2.56. The van der Waals surface area contributed by atoms with Crippen LogP contribution in [0.1, 0.15) is 22.5 Å². The predicted octanol–water partition coefficient (Wildman–Crippen LogP) is 4.01. The molecule has 1 aromatic heterocycles. The number of Topliss-reactive ketones (excluding diaryl/α,β-unsaturated/α-hetero) is 1. The number of benzene rings is 2. The summed E-state index contributed by atoms with van der Waals surface area (Å²) in [6.45, 7) is 1.87. The number of hydrogen-bond acceptors (Lipinski definition) is 5. The Bertz CT molecular complexity index is 1140. The quantitative estimate of drug-likeness (QED) is 0.490. The van der Waals surface area contributed by atoms with Crippen LogP contribution in [0, 0.1) is 18.3 Å². The van der Waals surface area contributed by atoms with Gasteiger partial charge >= 0.3 is 0 Å². The molecule has 0 N–H and O–H groups in total. The van der Waals surface area contributed by atoms with Crippen molar-refractivity contribution in [1.29, 1.82) is 5.26 Å². The molecule has 0 aliphatic rings. The Kier molecular flexibility index (Phi) is 4.90. The van der Waals surface area contributed by atoms with Crippen LogP contribution < -0.4 is 0 Å². The summed E-state index contributed by atoms with van der Waals surface area (Å²) in [5.74, 6) is -0.523. The second kappa shape index (κ2) is 6.98. The molecule has 0 aliphatic heterocycles. The van der Waals surface area contributed by atoms with E-state index in [1.165, 1.54) is 30.0 Å². The first kappa shape index (κ1) is 18.2. The van der Waals surface area contributed by atoms with E-state index in [4.69, 9.17) is 5.26 Å². The van der Waals surface area contributed by atoms with Crippen LogP contribution in [0.25, 0.3) is 10.9 Å². The van der Waals surface area contributed by atoms with Crippen LogP contribution in [0.15, 0.2) is 58.3 Å². The number of nitriles is 1. The van der Waals surface area contributed by atoms with Gasteiger partial charge in [0.25, 0.3) is 10.0 Å². The van der Waals surface area contributed by atoms with Gasteiger partial charge in [-0.15, -0.1) is 11.8 Å². The Morgan fingerprint density at radius 3 is 2.46 bits per heavy atom. The molecule has 132 valence electrons. The minimum Gasteiger partial charge on any atom is -0.291 e. The highest BCUT2D eigenvalue weighted by atomic mass is 32.2. The van der Waals surface area contributed by atoms with E-state index >= 15 is 0 Å². The molecule has 0 spiro atoms. The van der Waals surface area contributed by atoms with Crippen molar-refractivity contribution < 1.29 is 13.2 Å². The highest BCUT2D eigenvalue weighted by Crippen LogP contribution is 2.29. The molecule has 1 heterocycles. The number of nitrogens with zero attached hydrogens (tertiary/aromatic N) is 2. The lowest BCUT2D eigenvalue weighted by molar-refractivity contribution is 0.0992. The van der Waals surface area contributed by atoms with Crippen LogP contribution in [0.2, 0.25) is 0 Å². The highest BCUT2D eigenvalue weighted by Gasteiger charge is 2.26. The van der Waals surface area contributed by atoms with Gasteiger partial charge in [0.15, 0.2) is 5.78 Å². The van der Waals surface area contributed by atoms with Gasteiger partial charge in [0.05, 0.1) is 16.5 Å². The van der Waals surface area contributed by atoms with E-state index in [2.05, 4.69) is 0 Å². The van der Waals surface area contributed by atoms with Gasteiger partial charge in [-0.25, -0.2) is 12.4 Å².